The predicted octanol–water partition coefficient (Wildman–Crippen LogP) is 8.47. The highest BCUT2D eigenvalue weighted by molar-refractivity contribution is 5.75. The number of aromatic hydroxyl groups is 1. The number of fused-ring (bicyclic) bond motifs is 2. The molecule has 0 spiro atoms. The smallest absolute Gasteiger partial charge is 0.115 e. The minimum atomic E-state index is -0.625. The van der Waals surface area contributed by atoms with Gasteiger partial charge in [-0.25, -0.2) is 0 Å². The molecule has 1 aliphatic rings. The van der Waals surface area contributed by atoms with Gasteiger partial charge in [-0.3, -0.25) is 0 Å². The molecule has 1 nitrogen and oxygen atoms in total. The quantitative estimate of drug-likeness (QED) is 0.257. The molecule has 0 saturated carbocycles. The lowest BCUT2D eigenvalue weighted by Crippen LogP contribution is -2.45. The van der Waals surface area contributed by atoms with Crippen molar-refractivity contribution in [2.24, 2.45) is 0 Å². The van der Waals surface area contributed by atoms with Gasteiger partial charge in [0.05, 0.1) is 10.8 Å². The largest absolute Gasteiger partial charge is 0.508 e. The number of rotatable bonds is 4. The Morgan fingerprint density at radius 2 is 0.615 bits per heavy atom. The number of phenolic OH excluding ortho intramolecular Hbond substituents is 1. The molecule has 0 saturated heterocycles. The van der Waals surface area contributed by atoms with Crippen LogP contribution in [0.15, 0.2) is 164 Å². The zero-order valence-electron chi connectivity index (χ0n) is 21.5. The second-order valence-electron chi connectivity index (χ2n) is 10.2. The summed E-state index contributed by atoms with van der Waals surface area (Å²) in [7, 11) is 0. The molecule has 0 aromatic heterocycles. The first-order chi connectivity index (χ1) is 19.3. The predicted molar refractivity (Wildman–Crippen MR) is 158 cm³/mol. The van der Waals surface area contributed by atoms with E-state index < -0.39 is 10.8 Å². The summed E-state index contributed by atoms with van der Waals surface area (Å²) in [5.74, 6) is 0.265. The molecule has 6 aromatic rings. The van der Waals surface area contributed by atoms with Crippen molar-refractivity contribution in [3.05, 3.63) is 208 Å². The van der Waals surface area contributed by atoms with Crippen LogP contribution in [0.3, 0.4) is 0 Å². The lowest BCUT2D eigenvalue weighted by Gasteiger charge is -2.51. The van der Waals surface area contributed by atoms with Gasteiger partial charge in [-0.2, -0.15) is 0 Å². The van der Waals surface area contributed by atoms with E-state index in [9.17, 15) is 5.11 Å². The van der Waals surface area contributed by atoms with Gasteiger partial charge in [-0.05, 0) is 56.6 Å². The SMILES string of the molecule is Oc1cccc(C2(c3ccccc3)c3ccccc3C(c3ccccc3)(c3ccccc3)c3ccccc32)c1. The Bertz CT molecular complexity index is 1660. The molecular formula is C38H28O. The van der Waals surface area contributed by atoms with Crippen LogP contribution < -0.4 is 0 Å². The Morgan fingerprint density at radius 1 is 0.308 bits per heavy atom. The Kier molecular flexibility index (Phi) is 5.45. The first-order valence-corrected chi connectivity index (χ1v) is 13.4. The number of hydrogen-bond donors (Lipinski definition) is 1. The third-order valence-electron chi connectivity index (χ3n) is 8.37. The molecule has 1 aliphatic carbocycles. The maximum atomic E-state index is 10.8. The van der Waals surface area contributed by atoms with Crippen molar-refractivity contribution in [2.75, 3.05) is 0 Å². The molecule has 0 fully saturated rings. The summed E-state index contributed by atoms with van der Waals surface area (Å²) in [5.41, 5.74) is 8.45. The monoisotopic (exact) mass is 500 g/mol. The Balaban J connectivity index is 1.73. The van der Waals surface area contributed by atoms with Gasteiger partial charge in [0, 0.05) is 0 Å². The van der Waals surface area contributed by atoms with E-state index >= 15 is 0 Å². The Hall–Kier alpha value is -4.88. The molecular weight excluding hydrogens is 472 g/mol. The van der Waals surface area contributed by atoms with Crippen molar-refractivity contribution in [3.63, 3.8) is 0 Å². The maximum Gasteiger partial charge on any atom is 0.115 e. The van der Waals surface area contributed by atoms with E-state index in [1.54, 1.807) is 6.07 Å². The van der Waals surface area contributed by atoms with E-state index in [4.69, 9.17) is 0 Å². The topological polar surface area (TPSA) is 20.2 Å². The molecule has 0 heterocycles. The highest BCUT2D eigenvalue weighted by atomic mass is 16.3. The van der Waals surface area contributed by atoms with Gasteiger partial charge in [-0.15, -0.1) is 0 Å². The van der Waals surface area contributed by atoms with Gasteiger partial charge in [-0.1, -0.05) is 152 Å². The van der Waals surface area contributed by atoms with E-state index in [2.05, 4.69) is 146 Å². The Labute approximate surface area is 229 Å². The molecule has 6 aromatic carbocycles. The van der Waals surface area contributed by atoms with Crippen molar-refractivity contribution in [1.82, 2.24) is 0 Å². The fraction of sp³-hybridized carbons (Fsp3) is 0.0526. The Morgan fingerprint density at radius 3 is 0.974 bits per heavy atom. The van der Waals surface area contributed by atoms with E-state index in [1.807, 2.05) is 12.1 Å². The minimum absolute atomic E-state index is 0.265. The fourth-order valence-corrected chi connectivity index (χ4v) is 6.95. The highest BCUT2D eigenvalue weighted by Gasteiger charge is 2.53. The number of benzene rings is 6. The molecule has 0 unspecified atom stereocenters. The van der Waals surface area contributed by atoms with Gasteiger partial charge in [0.25, 0.3) is 0 Å². The third kappa shape index (κ3) is 3.26. The molecule has 1 heteroatoms. The summed E-state index contributed by atoms with van der Waals surface area (Å²) in [6.45, 7) is 0. The molecule has 7 rings (SSSR count). The van der Waals surface area contributed by atoms with E-state index in [-0.39, 0.29) is 5.75 Å². The second-order valence-corrected chi connectivity index (χ2v) is 10.2. The molecule has 0 radical (unpaired) electrons. The molecule has 0 amide bonds. The van der Waals surface area contributed by atoms with Crippen molar-refractivity contribution in [2.45, 2.75) is 10.8 Å². The van der Waals surface area contributed by atoms with Crippen LogP contribution >= 0.6 is 0 Å². The first-order valence-electron chi connectivity index (χ1n) is 13.4. The minimum Gasteiger partial charge on any atom is -0.508 e. The molecule has 186 valence electrons. The van der Waals surface area contributed by atoms with Crippen molar-refractivity contribution >= 4 is 0 Å². The van der Waals surface area contributed by atoms with Crippen LogP contribution in [0.1, 0.15) is 44.5 Å². The average molecular weight is 501 g/mol. The van der Waals surface area contributed by atoms with Crippen LogP contribution in [0.5, 0.6) is 5.75 Å². The van der Waals surface area contributed by atoms with Gasteiger partial charge in [0.15, 0.2) is 0 Å². The fourth-order valence-electron chi connectivity index (χ4n) is 6.95. The summed E-state index contributed by atoms with van der Waals surface area (Å²) in [5, 5.41) is 10.8. The average Bonchev–Trinajstić information content (AvgIpc) is 3.01. The summed E-state index contributed by atoms with van der Waals surface area (Å²) < 4.78 is 0. The molecule has 0 aliphatic heterocycles. The van der Waals surface area contributed by atoms with Crippen LogP contribution in [0.2, 0.25) is 0 Å². The van der Waals surface area contributed by atoms with Crippen LogP contribution in [0, 0.1) is 0 Å². The summed E-state index contributed by atoms with van der Waals surface area (Å²) >= 11 is 0. The van der Waals surface area contributed by atoms with Gasteiger partial charge in [0.2, 0.25) is 0 Å². The zero-order valence-corrected chi connectivity index (χ0v) is 21.5. The van der Waals surface area contributed by atoms with Gasteiger partial charge in [0.1, 0.15) is 5.75 Å². The normalized spacial score (nSPS) is 14.7. The molecule has 1 N–H and O–H groups in total. The van der Waals surface area contributed by atoms with Crippen LogP contribution in [-0.2, 0) is 10.8 Å². The zero-order chi connectivity index (χ0) is 26.3. The maximum absolute atomic E-state index is 10.8. The lowest BCUT2D eigenvalue weighted by molar-refractivity contribution is 0.473. The number of hydrogen-bond acceptors (Lipinski definition) is 1. The van der Waals surface area contributed by atoms with E-state index in [0.29, 0.717) is 0 Å². The molecule has 0 bridgehead atoms. The van der Waals surface area contributed by atoms with Gasteiger partial charge >= 0.3 is 0 Å². The van der Waals surface area contributed by atoms with Crippen LogP contribution in [-0.4, -0.2) is 5.11 Å². The highest BCUT2D eigenvalue weighted by Crippen LogP contribution is 2.59. The first kappa shape index (κ1) is 23.3. The van der Waals surface area contributed by atoms with Crippen LogP contribution in [0.25, 0.3) is 0 Å². The third-order valence-corrected chi connectivity index (χ3v) is 8.37. The van der Waals surface area contributed by atoms with E-state index in [1.165, 1.54) is 38.9 Å². The lowest BCUT2D eigenvalue weighted by atomic mass is 9.50. The van der Waals surface area contributed by atoms with E-state index in [0.717, 1.165) is 5.56 Å². The number of phenols is 1. The summed E-state index contributed by atoms with van der Waals surface area (Å²) in [4.78, 5) is 0. The van der Waals surface area contributed by atoms with Crippen molar-refractivity contribution < 1.29 is 5.11 Å². The van der Waals surface area contributed by atoms with Gasteiger partial charge < -0.3 is 5.11 Å². The summed E-state index contributed by atoms with van der Waals surface area (Å²) in [6, 6.07) is 58.0. The summed E-state index contributed by atoms with van der Waals surface area (Å²) in [6.07, 6.45) is 0. The van der Waals surface area contributed by atoms with Crippen molar-refractivity contribution in [1.29, 1.82) is 0 Å². The molecule has 39 heavy (non-hydrogen) atoms. The van der Waals surface area contributed by atoms with Crippen molar-refractivity contribution in [3.8, 4) is 5.75 Å². The molecule has 0 atom stereocenters. The van der Waals surface area contributed by atoms with Crippen LogP contribution in [0.4, 0.5) is 0 Å². The standard InChI is InChI=1S/C38H28O/c39-32-22-14-21-31(27-32)38(30-19-8-3-9-20-30)35-25-12-10-23-33(35)37(28-15-4-1-5-16-28,29-17-6-2-7-18-29)34-24-11-13-26-36(34)38/h1-27,39H. The second kappa shape index (κ2) is 9.15.